The van der Waals surface area contributed by atoms with Gasteiger partial charge in [-0.3, -0.25) is 0 Å². The number of ether oxygens (including phenoxy) is 3. The van der Waals surface area contributed by atoms with Crippen molar-refractivity contribution in [1.82, 2.24) is 10.6 Å². The van der Waals surface area contributed by atoms with Gasteiger partial charge in [0.05, 0.1) is 24.8 Å². The van der Waals surface area contributed by atoms with E-state index in [1.54, 1.807) is 45.2 Å². The van der Waals surface area contributed by atoms with Crippen LogP contribution in [-0.4, -0.2) is 25.2 Å². The smallest absolute Gasteiger partial charge is 0.338 e. The van der Waals surface area contributed by atoms with Crippen LogP contribution in [0, 0.1) is 0 Å². The lowest BCUT2D eigenvalue weighted by Gasteiger charge is -2.30. The molecule has 0 fully saturated rings. The minimum absolute atomic E-state index is 0.292. The average Bonchev–Trinajstić information content (AvgIpc) is 2.81. The van der Waals surface area contributed by atoms with Crippen LogP contribution in [0.5, 0.6) is 11.5 Å². The Kier molecular flexibility index (Phi) is 8.82. The van der Waals surface area contributed by atoms with Gasteiger partial charge in [0, 0.05) is 10.7 Å². The quantitative estimate of drug-likeness (QED) is 0.422. The molecule has 2 aromatic rings. The van der Waals surface area contributed by atoms with Crippen LogP contribution in [0.15, 0.2) is 53.7 Å². The third-order valence-corrected chi connectivity index (χ3v) is 5.58. The predicted molar refractivity (Wildman–Crippen MR) is 131 cm³/mol. The Hall–Kier alpha value is -3.19. The normalized spacial score (nSPS) is 15.6. The molecule has 1 aliphatic rings. The Morgan fingerprint density at radius 1 is 1.12 bits per heavy atom. The van der Waals surface area contributed by atoms with Gasteiger partial charge in [-0.05, 0) is 62.1 Å². The van der Waals surface area contributed by atoms with Crippen molar-refractivity contribution in [1.29, 1.82) is 0 Å². The zero-order chi connectivity index (χ0) is 24.7. The number of hydrogen-bond donors (Lipinski definition) is 2. The summed E-state index contributed by atoms with van der Waals surface area (Å²) in [6.07, 6.45) is 2.03. The highest BCUT2D eigenvalue weighted by atomic mass is 35.5. The topological polar surface area (TPSA) is 85.9 Å². The van der Waals surface area contributed by atoms with Gasteiger partial charge in [0.25, 0.3) is 0 Å². The van der Waals surface area contributed by atoms with Crippen LogP contribution in [0.2, 0.25) is 5.02 Å². The lowest BCUT2D eigenvalue weighted by Crippen LogP contribution is -2.46. The number of rotatable bonds is 10. The number of carbonyl (C=O) groups excluding carboxylic acids is 2. The van der Waals surface area contributed by atoms with Gasteiger partial charge in [-0.25, -0.2) is 9.59 Å². The van der Waals surface area contributed by atoms with Crippen molar-refractivity contribution >= 4 is 23.6 Å². The first-order valence-corrected chi connectivity index (χ1v) is 11.8. The monoisotopic (exact) mass is 486 g/mol. The standard InChI is InChI=1S/C26H31ClN2O5/c1-5-6-7-20-23(25(30)34-16(2)3)24(29-26(31)28-20)18-10-13-21(32-4)22(14-18)33-15-17-8-11-19(27)12-9-17/h8-14,16,24H,5-7,15H2,1-4H3,(H2,28,29,31). The summed E-state index contributed by atoms with van der Waals surface area (Å²) in [6.45, 7) is 5.95. The SMILES string of the molecule is CCCCC1=C(C(=O)OC(C)C)C(c2ccc(OC)c(OCc3ccc(Cl)cc3)c2)NC(=O)N1. The van der Waals surface area contributed by atoms with E-state index in [2.05, 4.69) is 17.6 Å². The molecule has 3 rings (SSSR count). The molecule has 1 heterocycles. The molecule has 2 N–H and O–H groups in total. The maximum atomic E-state index is 13.1. The van der Waals surface area contributed by atoms with Crippen LogP contribution >= 0.6 is 11.6 Å². The Labute approximate surface area is 205 Å². The summed E-state index contributed by atoms with van der Waals surface area (Å²) in [5.74, 6) is 0.576. The molecule has 0 saturated carbocycles. The number of amides is 2. The molecular weight excluding hydrogens is 456 g/mol. The van der Waals surface area contributed by atoms with Gasteiger partial charge in [0.15, 0.2) is 11.5 Å². The van der Waals surface area contributed by atoms with Crippen molar-refractivity contribution in [2.75, 3.05) is 7.11 Å². The van der Waals surface area contributed by atoms with Crippen molar-refractivity contribution in [2.45, 2.75) is 58.8 Å². The highest BCUT2D eigenvalue weighted by Crippen LogP contribution is 2.36. The first kappa shape index (κ1) is 25.4. The fourth-order valence-electron chi connectivity index (χ4n) is 3.66. The largest absolute Gasteiger partial charge is 0.493 e. The summed E-state index contributed by atoms with van der Waals surface area (Å²) in [6, 6.07) is 11.7. The molecule has 0 aromatic heterocycles. The van der Waals surface area contributed by atoms with E-state index in [9.17, 15) is 9.59 Å². The van der Waals surface area contributed by atoms with E-state index in [1.807, 2.05) is 18.2 Å². The van der Waals surface area contributed by atoms with Crippen molar-refractivity contribution in [3.63, 3.8) is 0 Å². The second kappa shape index (κ2) is 11.8. The number of esters is 1. The Bertz CT molecular complexity index is 1050. The second-order valence-corrected chi connectivity index (χ2v) is 8.74. The van der Waals surface area contributed by atoms with E-state index in [-0.39, 0.29) is 12.1 Å². The second-order valence-electron chi connectivity index (χ2n) is 8.31. The number of halogens is 1. The lowest BCUT2D eigenvalue weighted by atomic mass is 9.93. The zero-order valence-electron chi connectivity index (χ0n) is 19.9. The average molecular weight is 487 g/mol. The molecule has 0 aliphatic carbocycles. The summed E-state index contributed by atoms with van der Waals surface area (Å²) >= 11 is 5.97. The molecule has 8 heteroatoms. The number of allylic oxidation sites excluding steroid dienone is 1. The summed E-state index contributed by atoms with van der Waals surface area (Å²) < 4.78 is 17.0. The van der Waals surface area contributed by atoms with E-state index < -0.39 is 12.0 Å². The number of nitrogens with one attached hydrogen (secondary N) is 2. The molecule has 0 radical (unpaired) electrons. The van der Waals surface area contributed by atoms with Crippen molar-refractivity contribution in [3.8, 4) is 11.5 Å². The maximum absolute atomic E-state index is 13.1. The van der Waals surface area contributed by atoms with Crippen LogP contribution in [0.4, 0.5) is 4.79 Å². The van der Waals surface area contributed by atoms with Gasteiger partial charge in [0.1, 0.15) is 6.61 Å². The third-order valence-electron chi connectivity index (χ3n) is 5.33. The van der Waals surface area contributed by atoms with Crippen LogP contribution in [0.1, 0.15) is 57.2 Å². The first-order chi connectivity index (χ1) is 16.3. The molecule has 1 aliphatic heterocycles. The van der Waals surface area contributed by atoms with E-state index in [1.165, 1.54) is 0 Å². The molecule has 34 heavy (non-hydrogen) atoms. The molecule has 0 saturated heterocycles. The number of carbonyl (C=O) groups is 2. The molecule has 0 spiro atoms. The van der Waals surface area contributed by atoms with Gasteiger partial charge in [-0.2, -0.15) is 0 Å². The minimum atomic E-state index is -0.685. The minimum Gasteiger partial charge on any atom is -0.493 e. The number of urea groups is 1. The van der Waals surface area contributed by atoms with Crippen LogP contribution in [-0.2, 0) is 16.1 Å². The summed E-state index contributed by atoms with van der Waals surface area (Å²) in [4.78, 5) is 25.6. The Balaban J connectivity index is 1.97. The maximum Gasteiger partial charge on any atom is 0.338 e. The van der Waals surface area contributed by atoms with Gasteiger partial charge in [-0.15, -0.1) is 0 Å². The molecule has 1 unspecified atom stereocenters. The zero-order valence-corrected chi connectivity index (χ0v) is 20.7. The van der Waals surface area contributed by atoms with Crippen LogP contribution in [0.3, 0.4) is 0 Å². The Morgan fingerprint density at radius 2 is 1.85 bits per heavy atom. The number of hydrogen-bond acceptors (Lipinski definition) is 5. The fourth-order valence-corrected chi connectivity index (χ4v) is 3.79. The first-order valence-electron chi connectivity index (χ1n) is 11.4. The van der Waals surface area contributed by atoms with E-state index in [4.69, 9.17) is 25.8 Å². The van der Waals surface area contributed by atoms with Gasteiger partial charge < -0.3 is 24.8 Å². The van der Waals surface area contributed by atoms with E-state index in [0.29, 0.717) is 46.4 Å². The molecule has 182 valence electrons. The van der Waals surface area contributed by atoms with Crippen LogP contribution in [0.25, 0.3) is 0 Å². The third kappa shape index (κ3) is 6.44. The molecule has 2 aromatic carbocycles. The number of benzene rings is 2. The van der Waals surface area contributed by atoms with Gasteiger partial charge in [0.2, 0.25) is 0 Å². The van der Waals surface area contributed by atoms with Gasteiger partial charge in [-0.1, -0.05) is 43.1 Å². The molecule has 2 amide bonds. The van der Waals surface area contributed by atoms with E-state index >= 15 is 0 Å². The fraction of sp³-hybridized carbons (Fsp3) is 0.385. The molecular formula is C26H31ClN2O5. The Morgan fingerprint density at radius 3 is 2.50 bits per heavy atom. The van der Waals surface area contributed by atoms with E-state index in [0.717, 1.165) is 18.4 Å². The highest BCUT2D eigenvalue weighted by molar-refractivity contribution is 6.30. The number of unbranched alkanes of at least 4 members (excludes halogenated alkanes) is 1. The predicted octanol–water partition coefficient (Wildman–Crippen LogP) is 5.68. The summed E-state index contributed by atoms with van der Waals surface area (Å²) in [7, 11) is 1.56. The highest BCUT2D eigenvalue weighted by Gasteiger charge is 2.34. The van der Waals surface area contributed by atoms with Crippen molar-refractivity contribution in [2.24, 2.45) is 0 Å². The molecule has 0 bridgehead atoms. The molecule has 7 nitrogen and oxygen atoms in total. The summed E-state index contributed by atoms with van der Waals surface area (Å²) in [5.41, 5.74) is 2.61. The van der Waals surface area contributed by atoms with Gasteiger partial charge >= 0.3 is 12.0 Å². The number of methoxy groups -OCH3 is 1. The van der Waals surface area contributed by atoms with Crippen molar-refractivity contribution in [3.05, 3.63) is 69.9 Å². The summed E-state index contributed by atoms with van der Waals surface area (Å²) in [5, 5.41) is 6.32. The van der Waals surface area contributed by atoms with Crippen LogP contribution < -0.4 is 20.1 Å². The molecule has 1 atom stereocenters. The van der Waals surface area contributed by atoms with Crippen molar-refractivity contribution < 1.29 is 23.8 Å². The lowest BCUT2D eigenvalue weighted by molar-refractivity contribution is -0.143.